The number of benzene rings is 1. The Bertz CT molecular complexity index is 398. The number of methoxy groups -OCH3 is 3. The van der Waals surface area contributed by atoms with E-state index < -0.39 is 0 Å². The number of hydrogen-bond donors (Lipinski definition) is 1. The minimum Gasteiger partial charge on any atom is -0.493 e. The van der Waals surface area contributed by atoms with E-state index in [-0.39, 0.29) is 5.91 Å². The normalized spacial score (nSPS) is 9.78. The van der Waals surface area contributed by atoms with Crippen LogP contribution in [0.4, 0.5) is 0 Å². The number of alkyl halides is 1. The summed E-state index contributed by atoms with van der Waals surface area (Å²) in [6.07, 6.45) is 0. The predicted octanol–water partition coefficient (Wildman–Crippen LogP) is 1.68. The average molecular weight is 274 g/mol. The van der Waals surface area contributed by atoms with Gasteiger partial charge in [0.15, 0.2) is 11.5 Å². The van der Waals surface area contributed by atoms with Crippen molar-refractivity contribution in [2.24, 2.45) is 0 Å². The highest BCUT2D eigenvalue weighted by Gasteiger charge is 2.16. The second kappa shape index (κ2) is 6.96. The Balaban J connectivity index is 3.10. The van der Waals surface area contributed by atoms with Gasteiger partial charge in [-0.25, -0.2) is 0 Å². The molecule has 0 fully saturated rings. The molecule has 0 bridgehead atoms. The Hall–Kier alpha value is -1.62. The van der Waals surface area contributed by atoms with Crippen LogP contribution in [0.3, 0.4) is 0 Å². The van der Waals surface area contributed by atoms with Crippen LogP contribution in [-0.4, -0.2) is 39.7 Å². The predicted molar refractivity (Wildman–Crippen MR) is 69.2 cm³/mol. The van der Waals surface area contributed by atoms with E-state index in [1.807, 2.05) is 0 Å². The van der Waals surface area contributed by atoms with E-state index >= 15 is 0 Å². The quantitative estimate of drug-likeness (QED) is 0.801. The van der Waals surface area contributed by atoms with Gasteiger partial charge in [-0.1, -0.05) is 0 Å². The molecule has 0 aliphatic heterocycles. The number of nitrogens with one attached hydrogen (secondary N) is 1. The van der Waals surface area contributed by atoms with Crippen LogP contribution in [0, 0.1) is 0 Å². The van der Waals surface area contributed by atoms with Crippen molar-refractivity contribution >= 4 is 17.5 Å². The van der Waals surface area contributed by atoms with Gasteiger partial charge in [-0.2, -0.15) is 0 Å². The summed E-state index contributed by atoms with van der Waals surface area (Å²) in [5.41, 5.74) is 0.426. The first-order valence-corrected chi connectivity index (χ1v) is 5.85. The van der Waals surface area contributed by atoms with Gasteiger partial charge in [0.2, 0.25) is 5.75 Å². The lowest BCUT2D eigenvalue weighted by Gasteiger charge is -2.13. The third-order valence-corrected chi connectivity index (χ3v) is 2.50. The molecule has 100 valence electrons. The van der Waals surface area contributed by atoms with Crippen molar-refractivity contribution in [2.45, 2.75) is 0 Å². The first-order valence-electron chi connectivity index (χ1n) is 5.32. The number of halogens is 1. The molecule has 1 rings (SSSR count). The standard InChI is InChI=1S/C12H16ClNO4/c1-16-9-6-8(12(15)14-5-4-13)7-10(17-2)11(9)18-3/h6-7H,4-5H2,1-3H3,(H,14,15). The van der Waals surface area contributed by atoms with Crippen molar-refractivity contribution in [3.8, 4) is 17.2 Å². The van der Waals surface area contributed by atoms with Crippen molar-refractivity contribution < 1.29 is 19.0 Å². The molecule has 1 N–H and O–H groups in total. The summed E-state index contributed by atoms with van der Waals surface area (Å²) in [5, 5.41) is 2.67. The zero-order valence-corrected chi connectivity index (χ0v) is 11.3. The van der Waals surface area contributed by atoms with Crippen LogP contribution in [-0.2, 0) is 0 Å². The molecule has 0 spiro atoms. The van der Waals surface area contributed by atoms with E-state index in [0.717, 1.165) is 0 Å². The van der Waals surface area contributed by atoms with E-state index in [2.05, 4.69) is 5.32 Å². The summed E-state index contributed by atoms with van der Waals surface area (Å²) in [5.74, 6) is 1.44. The summed E-state index contributed by atoms with van der Waals surface area (Å²) in [7, 11) is 4.50. The molecular formula is C12H16ClNO4. The molecule has 0 unspecified atom stereocenters. The maximum Gasteiger partial charge on any atom is 0.251 e. The molecule has 0 aromatic heterocycles. The maximum absolute atomic E-state index is 11.8. The second-order valence-electron chi connectivity index (χ2n) is 3.36. The van der Waals surface area contributed by atoms with Gasteiger partial charge in [0, 0.05) is 18.0 Å². The number of carbonyl (C=O) groups is 1. The zero-order chi connectivity index (χ0) is 13.5. The van der Waals surface area contributed by atoms with E-state index in [1.165, 1.54) is 21.3 Å². The van der Waals surface area contributed by atoms with Gasteiger partial charge in [0.25, 0.3) is 5.91 Å². The number of carbonyl (C=O) groups excluding carboxylic acids is 1. The highest BCUT2D eigenvalue weighted by molar-refractivity contribution is 6.18. The van der Waals surface area contributed by atoms with Crippen LogP contribution in [0.5, 0.6) is 17.2 Å². The molecule has 1 amide bonds. The molecule has 18 heavy (non-hydrogen) atoms. The molecule has 0 saturated heterocycles. The van der Waals surface area contributed by atoms with Gasteiger partial charge < -0.3 is 19.5 Å². The summed E-state index contributed by atoms with van der Waals surface area (Å²) in [6.45, 7) is 0.400. The minimum atomic E-state index is -0.241. The van der Waals surface area contributed by atoms with Gasteiger partial charge in [-0.05, 0) is 12.1 Å². The minimum absolute atomic E-state index is 0.241. The summed E-state index contributed by atoms with van der Waals surface area (Å²) in [6, 6.07) is 3.18. The number of amides is 1. The fourth-order valence-corrected chi connectivity index (χ4v) is 1.57. The fraction of sp³-hybridized carbons (Fsp3) is 0.417. The Morgan fingerprint density at radius 2 is 1.72 bits per heavy atom. The Morgan fingerprint density at radius 1 is 1.17 bits per heavy atom. The third-order valence-electron chi connectivity index (χ3n) is 2.31. The van der Waals surface area contributed by atoms with Crippen LogP contribution in [0.1, 0.15) is 10.4 Å². The maximum atomic E-state index is 11.8. The van der Waals surface area contributed by atoms with Crippen LogP contribution in [0.25, 0.3) is 0 Å². The van der Waals surface area contributed by atoms with Crippen LogP contribution in [0.15, 0.2) is 12.1 Å². The Labute approximate surface area is 111 Å². The van der Waals surface area contributed by atoms with Crippen LogP contribution in [0.2, 0.25) is 0 Å². The molecule has 0 aliphatic rings. The smallest absolute Gasteiger partial charge is 0.251 e. The lowest BCUT2D eigenvalue weighted by Crippen LogP contribution is -2.25. The molecule has 0 atom stereocenters. The Kier molecular flexibility index (Phi) is 5.58. The van der Waals surface area contributed by atoms with Gasteiger partial charge in [-0.15, -0.1) is 11.6 Å². The van der Waals surface area contributed by atoms with Crippen molar-refractivity contribution in [3.63, 3.8) is 0 Å². The number of rotatable bonds is 6. The van der Waals surface area contributed by atoms with Crippen molar-refractivity contribution in [1.29, 1.82) is 0 Å². The lowest BCUT2D eigenvalue weighted by atomic mass is 10.1. The van der Waals surface area contributed by atoms with Gasteiger partial charge in [0.1, 0.15) is 0 Å². The van der Waals surface area contributed by atoms with Gasteiger partial charge >= 0.3 is 0 Å². The topological polar surface area (TPSA) is 56.8 Å². The summed E-state index contributed by atoms with van der Waals surface area (Å²) < 4.78 is 15.5. The van der Waals surface area contributed by atoms with Crippen molar-refractivity contribution in [2.75, 3.05) is 33.8 Å². The fourth-order valence-electron chi connectivity index (χ4n) is 1.48. The van der Waals surface area contributed by atoms with E-state index in [0.29, 0.717) is 35.2 Å². The van der Waals surface area contributed by atoms with Crippen molar-refractivity contribution in [3.05, 3.63) is 17.7 Å². The summed E-state index contributed by atoms with van der Waals surface area (Å²) in [4.78, 5) is 11.8. The molecule has 1 aromatic rings. The molecule has 0 saturated carbocycles. The monoisotopic (exact) mass is 273 g/mol. The van der Waals surface area contributed by atoms with E-state index in [9.17, 15) is 4.79 Å². The number of ether oxygens (including phenoxy) is 3. The zero-order valence-electron chi connectivity index (χ0n) is 10.6. The molecule has 0 radical (unpaired) electrons. The third kappa shape index (κ3) is 3.20. The second-order valence-corrected chi connectivity index (χ2v) is 3.74. The molecule has 6 heteroatoms. The van der Waals surface area contributed by atoms with E-state index in [1.54, 1.807) is 12.1 Å². The first-order chi connectivity index (χ1) is 8.67. The molecular weight excluding hydrogens is 258 g/mol. The molecule has 5 nitrogen and oxygen atoms in total. The Morgan fingerprint density at radius 3 is 2.11 bits per heavy atom. The largest absolute Gasteiger partial charge is 0.493 e. The molecule has 0 heterocycles. The SMILES string of the molecule is COc1cc(C(=O)NCCCl)cc(OC)c1OC. The van der Waals surface area contributed by atoms with Crippen LogP contribution < -0.4 is 19.5 Å². The number of hydrogen-bond acceptors (Lipinski definition) is 4. The highest BCUT2D eigenvalue weighted by atomic mass is 35.5. The molecule has 0 aliphatic carbocycles. The lowest BCUT2D eigenvalue weighted by molar-refractivity contribution is 0.0955. The molecule has 1 aromatic carbocycles. The van der Waals surface area contributed by atoms with Gasteiger partial charge in [-0.3, -0.25) is 4.79 Å². The first kappa shape index (κ1) is 14.4. The highest BCUT2D eigenvalue weighted by Crippen LogP contribution is 2.38. The van der Waals surface area contributed by atoms with E-state index in [4.69, 9.17) is 25.8 Å². The van der Waals surface area contributed by atoms with Crippen LogP contribution >= 0.6 is 11.6 Å². The van der Waals surface area contributed by atoms with Gasteiger partial charge in [0.05, 0.1) is 21.3 Å². The van der Waals surface area contributed by atoms with Crippen molar-refractivity contribution in [1.82, 2.24) is 5.32 Å². The summed E-state index contributed by atoms with van der Waals surface area (Å²) >= 11 is 5.51. The average Bonchev–Trinajstić information content (AvgIpc) is 2.42.